The molecule has 3 heterocycles. The van der Waals surface area contributed by atoms with Crippen molar-refractivity contribution < 1.29 is 4.79 Å². The number of pyridine rings is 1. The second kappa shape index (κ2) is 9.08. The van der Waals surface area contributed by atoms with Crippen LogP contribution in [-0.2, 0) is 17.9 Å². The Labute approximate surface area is 173 Å². The second-order valence-corrected chi connectivity index (χ2v) is 8.55. The minimum absolute atomic E-state index is 0.0241. The van der Waals surface area contributed by atoms with E-state index in [-0.39, 0.29) is 17.9 Å². The van der Waals surface area contributed by atoms with Crippen molar-refractivity contribution in [3.05, 3.63) is 47.5 Å². The van der Waals surface area contributed by atoms with Gasteiger partial charge < -0.3 is 5.32 Å². The van der Waals surface area contributed by atoms with Crippen LogP contribution >= 0.6 is 0 Å². The molecule has 0 spiro atoms. The molecule has 1 atom stereocenters. The van der Waals surface area contributed by atoms with Gasteiger partial charge in [0.25, 0.3) is 0 Å². The predicted octanol–water partition coefficient (Wildman–Crippen LogP) is 3.48. The normalized spacial score (nSPS) is 19.7. The first kappa shape index (κ1) is 20.1. The molecule has 0 aromatic carbocycles. The molecule has 29 heavy (non-hydrogen) atoms. The van der Waals surface area contributed by atoms with Crippen LogP contribution in [0.15, 0.2) is 30.6 Å². The third-order valence-corrected chi connectivity index (χ3v) is 6.78. The molecule has 2 fully saturated rings. The van der Waals surface area contributed by atoms with Gasteiger partial charge in [0.1, 0.15) is 0 Å². The van der Waals surface area contributed by atoms with Crippen molar-refractivity contribution in [1.29, 1.82) is 0 Å². The summed E-state index contributed by atoms with van der Waals surface area (Å²) in [5.74, 6) is 0.862. The molecule has 1 aliphatic carbocycles. The Morgan fingerprint density at radius 2 is 2.03 bits per heavy atom. The van der Waals surface area contributed by atoms with Crippen LogP contribution in [0.4, 0.5) is 0 Å². The zero-order valence-electron chi connectivity index (χ0n) is 17.7. The Morgan fingerprint density at radius 3 is 2.62 bits per heavy atom. The summed E-state index contributed by atoms with van der Waals surface area (Å²) in [6.07, 6.45) is 9.24. The quantitative estimate of drug-likeness (QED) is 0.780. The number of nitrogens with one attached hydrogen (secondary N) is 1. The first-order chi connectivity index (χ1) is 14.2. The summed E-state index contributed by atoms with van der Waals surface area (Å²) < 4.78 is 2.06. The van der Waals surface area contributed by atoms with E-state index in [9.17, 15) is 4.79 Å². The van der Waals surface area contributed by atoms with E-state index >= 15 is 0 Å². The highest BCUT2D eigenvalue weighted by atomic mass is 16.2. The van der Waals surface area contributed by atoms with Crippen LogP contribution in [0.25, 0.3) is 0 Å². The third-order valence-electron chi connectivity index (χ3n) is 6.78. The lowest BCUT2D eigenvalue weighted by Gasteiger charge is -2.37. The molecule has 1 amide bonds. The number of hydrogen-bond donors (Lipinski definition) is 1. The molecule has 4 rings (SSSR count). The first-order valence-electron chi connectivity index (χ1n) is 11.1. The minimum Gasteiger partial charge on any atom is -0.347 e. The zero-order valence-corrected chi connectivity index (χ0v) is 17.7. The Bertz CT molecular complexity index is 806. The third kappa shape index (κ3) is 4.53. The van der Waals surface area contributed by atoms with E-state index < -0.39 is 0 Å². The maximum Gasteiger partial charge on any atom is 0.223 e. The fourth-order valence-corrected chi connectivity index (χ4v) is 4.58. The lowest BCUT2D eigenvalue weighted by Crippen LogP contribution is -2.43. The molecule has 1 saturated heterocycles. The van der Waals surface area contributed by atoms with Crippen LogP contribution < -0.4 is 5.32 Å². The van der Waals surface area contributed by atoms with E-state index in [0.717, 1.165) is 57.6 Å². The molecule has 6 heteroatoms. The SMILES string of the molecule is CCn1ncc(CN2CCC(C(NC(=O)C3CCC3)c3ccccn3)CC2)c1C. The van der Waals surface area contributed by atoms with Crippen molar-refractivity contribution >= 4 is 5.91 Å². The molecule has 1 N–H and O–H groups in total. The lowest BCUT2D eigenvalue weighted by atomic mass is 9.83. The summed E-state index contributed by atoms with van der Waals surface area (Å²) in [4.78, 5) is 19.8. The van der Waals surface area contributed by atoms with Gasteiger partial charge in [0, 0.05) is 36.5 Å². The molecular formula is C23H33N5O. The van der Waals surface area contributed by atoms with Crippen LogP contribution in [0.5, 0.6) is 0 Å². The summed E-state index contributed by atoms with van der Waals surface area (Å²) in [5.41, 5.74) is 3.59. The fraction of sp³-hybridized carbons (Fsp3) is 0.609. The number of aryl methyl sites for hydroxylation is 1. The molecular weight excluding hydrogens is 362 g/mol. The Morgan fingerprint density at radius 1 is 1.24 bits per heavy atom. The van der Waals surface area contributed by atoms with Crippen molar-refractivity contribution in [2.24, 2.45) is 11.8 Å². The lowest BCUT2D eigenvalue weighted by molar-refractivity contribution is -0.128. The van der Waals surface area contributed by atoms with Crippen molar-refractivity contribution in [3.8, 4) is 0 Å². The average Bonchev–Trinajstić information content (AvgIpc) is 3.06. The summed E-state index contributed by atoms with van der Waals surface area (Å²) in [7, 11) is 0. The Balaban J connectivity index is 1.39. The highest BCUT2D eigenvalue weighted by Gasteiger charge is 2.33. The van der Waals surface area contributed by atoms with Crippen molar-refractivity contribution in [1.82, 2.24) is 25.0 Å². The van der Waals surface area contributed by atoms with Crippen LogP contribution in [0, 0.1) is 18.8 Å². The van der Waals surface area contributed by atoms with Crippen molar-refractivity contribution in [3.63, 3.8) is 0 Å². The van der Waals surface area contributed by atoms with Gasteiger partial charge in [-0.15, -0.1) is 0 Å². The molecule has 156 valence electrons. The zero-order chi connectivity index (χ0) is 20.2. The molecule has 6 nitrogen and oxygen atoms in total. The maximum atomic E-state index is 12.7. The molecule has 2 aromatic rings. The van der Waals surface area contributed by atoms with Crippen molar-refractivity contribution in [2.45, 2.75) is 65.1 Å². The largest absolute Gasteiger partial charge is 0.347 e. The van der Waals surface area contributed by atoms with Crippen LogP contribution in [0.2, 0.25) is 0 Å². The van der Waals surface area contributed by atoms with E-state index in [1.807, 2.05) is 24.5 Å². The Kier molecular flexibility index (Phi) is 6.28. The first-order valence-corrected chi connectivity index (χ1v) is 11.1. The number of amides is 1. The highest BCUT2D eigenvalue weighted by Crippen LogP contribution is 2.33. The van der Waals surface area contributed by atoms with Gasteiger partial charge in [0.05, 0.1) is 17.9 Å². The standard InChI is InChI=1S/C23H33N5O/c1-3-28-17(2)20(15-25-28)16-27-13-10-18(11-14-27)22(21-9-4-5-12-24-21)26-23(29)19-7-6-8-19/h4-5,9,12,15,18-19,22H,3,6-8,10-11,13-14,16H2,1-2H3,(H,26,29). The number of likely N-dealkylation sites (tertiary alicyclic amines) is 1. The van der Waals surface area contributed by atoms with E-state index in [2.05, 4.69) is 44.9 Å². The number of nitrogens with zero attached hydrogens (tertiary/aromatic N) is 4. The van der Waals surface area contributed by atoms with Gasteiger partial charge in [0.2, 0.25) is 5.91 Å². The van der Waals surface area contributed by atoms with Gasteiger partial charge in [0.15, 0.2) is 0 Å². The van der Waals surface area contributed by atoms with E-state index in [4.69, 9.17) is 0 Å². The van der Waals surface area contributed by atoms with Gasteiger partial charge in [-0.25, -0.2) is 0 Å². The van der Waals surface area contributed by atoms with Gasteiger partial charge in [-0.3, -0.25) is 19.4 Å². The van der Waals surface area contributed by atoms with E-state index in [0.29, 0.717) is 5.92 Å². The minimum atomic E-state index is 0.0241. The maximum absolute atomic E-state index is 12.7. The number of piperidine rings is 1. The smallest absolute Gasteiger partial charge is 0.223 e. The summed E-state index contributed by atoms with van der Waals surface area (Å²) in [6.45, 7) is 8.26. The fourth-order valence-electron chi connectivity index (χ4n) is 4.58. The van der Waals surface area contributed by atoms with Crippen LogP contribution in [0.3, 0.4) is 0 Å². The van der Waals surface area contributed by atoms with Gasteiger partial charge in [-0.1, -0.05) is 12.5 Å². The van der Waals surface area contributed by atoms with Gasteiger partial charge >= 0.3 is 0 Å². The molecule has 1 aliphatic heterocycles. The Hall–Kier alpha value is -2.21. The highest BCUT2D eigenvalue weighted by molar-refractivity contribution is 5.79. The molecule has 1 saturated carbocycles. The summed E-state index contributed by atoms with van der Waals surface area (Å²) in [6, 6.07) is 6.04. The number of hydrogen-bond acceptors (Lipinski definition) is 4. The van der Waals surface area contributed by atoms with Gasteiger partial charge in [-0.05, 0) is 70.7 Å². The molecule has 0 bridgehead atoms. The van der Waals surface area contributed by atoms with Crippen LogP contribution in [0.1, 0.15) is 62.0 Å². The number of aromatic nitrogens is 3. The topological polar surface area (TPSA) is 63.1 Å². The van der Waals surface area contributed by atoms with Gasteiger partial charge in [-0.2, -0.15) is 5.10 Å². The van der Waals surface area contributed by atoms with E-state index in [1.165, 1.54) is 17.7 Å². The second-order valence-electron chi connectivity index (χ2n) is 8.55. The number of carbonyl (C=O) groups excluding carboxylic acids is 1. The predicted molar refractivity (Wildman–Crippen MR) is 113 cm³/mol. The molecule has 2 aromatic heterocycles. The molecule has 2 aliphatic rings. The number of rotatable bonds is 7. The summed E-state index contributed by atoms with van der Waals surface area (Å²) >= 11 is 0. The number of carbonyl (C=O) groups is 1. The van der Waals surface area contributed by atoms with Crippen LogP contribution in [-0.4, -0.2) is 38.7 Å². The average molecular weight is 396 g/mol. The summed E-state index contributed by atoms with van der Waals surface area (Å²) in [5, 5.41) is 7.84. The molecule has 1 unspecified atom stereocenters. The van der Waals surface area contributed by atoms with Crippen molar-refractivity contribution in [2.75, 3.05) is 13.1 Å². The molecule has 0 radical (unpaired) electrons. The van der Waals surface area contributed by atoms with E-state index in [1.54, 1.807) is 0 Å². The monoisotopic (exact) mass is 395 g/mol.